The van der Waals surface area contributed by atoms with E-state index in [1.54, 1.807) is 0 Å². The third-order valence-corrected chi connectivity index (χ3v) is 6.43. The van der Waals surface area contributed by atoms with E-state index >= 15 is 0 Å². The van der Waals surface area contributed by atoms with Gasteiger partial charge in [0.15, 0.2) is 0 Å². The molecule has 0 aliphatic rings. The highest BCUT2D eigenvalue weighted by molar-refractivity contribution is 6.68. The lowest BCUT2D eigenvalue weighted by molar-refractivity contribution is 0.444. The van der Waals surface area contributed by atoms with Gasteiger partial charge < -0.3 is 5.11 Å². The molecule has 2 radical (unpaired) electrons. The molecule has 0 saturated carbocycles. The summed E-state index contributed by atoms with van der Waals surface area (Å²) in [5.41, 5.74) is 3.70. The van der Waals surface area contributed by atoms with Gasteiger partial charge in [-0.2, -0.15) is 0 Å². The second-order valence-electron chi connectivity index (χ2n) is 9.73. The zero-order chi connectivity index (χ0) is 21.9. The minimum absolute atomic E-state index is 0.0110. The molecule has 30 heavy (non-hydrogen) atoms. The number of phenols is 1. The molecule has 3 heteroatoms. The van der Waals surface area contributed by atoms with Crippen LogP contribution in [-0.2, 0) is 10.8 Å². The van der Waals surface area contributed by atoms with E-state index in [4.69, 9.17) is 4.99 Å². The third-order valence-electron chi connectivity index (χ3n) is 5.11. The molecule has 3 aromatic rings. The standard InChI is InChI=1S/C27H31NOSi/c1-26(2,3)20-16-19(25(29)22(17-20)27(4,5)6)18-28-23-14-10-11-15-24(23)30-21-12-8-7-9-13-21/h7-18,29H,1-6H3. The van der Waals surface area contributed by atoms with Gasteiger partial charge in [-0.3, -0.25) is 4.99 Å². The lowest BCUT2D eigenvalue weighted by Gasteiger charge is -2.27. The lowest BCUT2D eigenvalue weighted by atomic mass is 9.79. The van der Waals surface area contributed by atoms with Crippen molar-refractivity contribution in [3.05, 3.63) is 83.4 Å². The second kappa shape index (κ2) is 8.61. The van der Waals surface area contributed by atoms with Crippen molar-refractivity contribution in [2.45, 2.75) is 52.4 Å². The van der Waals surface area contributed by atoms with Crippen LogP contribution in [0, 0.1) is 0 Å². The molecule has 0 spiro atoms. The van der Waals surface area contributed by atoms with E-state index < -0.39 is 0 Å². The fourth-order valence-electron chi connectivity index (χ4n) is 3.27. The van der Waals surface area contributed by atoms with Crippen molar-refractivity contribution in [1.29, 1.82) is 0 Å². The summed E-state index contributed by atoms with van der Waals surface area (Å²) >= 11 is 0. The molecular weight excluding hydrogens is 382 g/mol. The van der Waals surface area contributed by atoms with E-state index in [1.807, 2.05) is 24.4 Å². The molecule has 0 aliphatic heterocycles. The summed E-state index contributed by atoms with van der Waals surface area (Å²) in [7, 11) is 0.541. The summed E-state index contributed by atoms with van der Waals surface area (Å²) in [4.78, 5) is 4.80. The first kappa shape index (κ1) is 22.0. The number of aliphatic imine (C=N–C) groups is 1. The van der Waals surface area contributed by atoms with Crippen molar-refractivity contribution >= 4 is 31.8 Å². The first-order chi connectivity index (χ1) is 14.1. The summed E-state index contributed by atoms with van der Waals surface area (Å²) < 4.78 is 0. The highest BCUT2D eigenvalue weighted by atomic mass is 28.2. The largest absolute Gasteiger partial charge is 0.507 e. The van der Waals surface area contributed by atoms with Crippen molar-refractivity contribution in [3.8, 4) is 5.75 Å². The number of hydrogen-bond acceptors (Lipinski definition) is 2. The fraction of sp³-hybridized carbons (Fsp3) is 0.296. The SMILES string of the molecule is CC(C)(C)c1cc(C=Nc2ccccc2[Si]c2ccccc2)c(O)c(C(C)(C)C)c1. The van der Waals surface area contributed by atoms with E-state index in [0.717, 1.165) is 16.8 Å². The first-order valence-electron chi connectivity index (χ1n) is 10.4. The minimum Gasteiger partial charge on any atom is -0.507 e. The Hall–Kier alpha value is -2.65. The van der Waals surface area contributed by atoms with E-state index in [0.29, 0.717) is 15.3 Å². The van der Waals surface area contributed by atoms with Gasteiger partial charge in [0, 0.05) is 17.3 Å². The predicted octanol–water partition coefficient (Wildman–Crippen LogP) is 5.39. The number of hydrogen-bond donors (Lipinski definition) is 1. The fourth-order valence-corrected chi connectivity index (χ4v) is 4.39. The first-order valence-corrected chi connectivity index (χ1v) is 11.4. The van der Waals surface area contributed by atoms with Gasteiger partial charge >= 0.3 is 0 Å². The van der Waals surface area contributed by atoms with E-state index in [9.17, 15) is 5.11 Å². The molecule has 0 aliphatic carbocycles. The summed E-state index contributed by atoms with van der Waals surface area (Å²) in [6.45, 7) is 13.0. The average molecular weight is 414 g/mol. The quantitative estimate of drug-likeness (QED) is 0.451. The Morgan fingerprint density at radius 3 is 2.07 bits per heavy atom. The van der Waals surface area contributed by atoms with Crippen molar-refractivity contribution < 1.29 is 5.11 Å². The zero-order valence-corrected chi connectivity index (χ0v) is 19.8. The third kappa shape index (κ3) is 5.28. The molecular formula is C27H31NOSi. The van der Waals surface area contributed by atoms with Crippen LogP contribution in [0.1, 0.15) is 58.2 Å². The van der Waals surface area contributed by atoms with Gasteiger partial charge in [-0.25, -0.2) is 0 Å². The molecule has 0 saturated heterocycles. The van der Waals surface area contributed by atoms with Gasteiger partial charge in [0.05, 0.1) is 5.69 Å². The number of phenolic OH excluding ortho intramolecular Hbond substituents is 1. The monoisotopic (exact) mass is 413 g/mol. The molecule has 0 aromatic heterocycles. The van der Waals surface area contributed by atoms with Crippen LogP contribution in [0.5, 0.6) is 5.75 Å². The van der Waals surface area contributed by atoms with Gasteiger partial charge in [-0.05, 0) is 33.7 Å². The summed E-state index contributed by atoms with van der Waals surface area (Å²) in [6, 6.07) is 22.9. The molecule has 0 heterocycles. The lowest BCUT2D eigenvalue weighted by Crippen LogP contribution is -2.26. The number of benzene rings is 3. The number of para-hydroxylation sites is 1. The maximum Gasteiger partial charge on any atom is 0.128 e. The van der Waals surface area contributed by atoms with Crippen LogP contribution >= 0.6 is 0 Å². The van der Waals surface area contributed by atoms with Gasteiger partial charge in [0.25, 0.3) is 0 Å². The molecule has 2 nitrogen and oxygen atoms in total. The Morgan fingerprint density at radius 2 is 1.43 bits per heavy atom. The van der Waals surface area contributed by atoms with E-state index in [-0.39, 0.29) is 10.8 Å². The smallest absolute Gasteiger partial charge is 0.128 e. The van der Waals surface area contributed by atoms with Crippen LogP contribution in [-0.4, -0.2) is 20.8 Å². The molecule has 0 unspecified atom stereocenters. The minimum atomic E-state index is -0.152. The zero-order valence-electron chi connectivity index (χ0n) is 18.8. The van der Waals surface area contributed by atoms with Crippen molar-refractivity contribution in [2.75, 3.05) is 0 Å². The Morgan fingerprint density at radius 1 is 0.800 bits per heavy atom. The Balaban J connectivity index is 2.03. The molecule has 0 amide bonds. The van der Waals surface area contributed by atoms with Crippen LogP contribution in [0.3, 0.4) is 0 Å². The van der Waals surface area contributed by atoms with Crippen molar-refractivity contribution in [2.24, 2.45) is 4.99 Å². The maximum absolute atomic E-state index is 11.0. The van der Waals surface area contributed by atoms with E-state index in [1.165, 1.54) is 15.9 Å². The highest BCUT2D eigenvalue weighted by Crippen LogP contribution is 2.37. The van der Waals surface area contributed by atoms with Crippen LogP contribution in [0.4, 0.5) is 5.69 Å². The number of rotatable bonds is 4. The van der Waals surface area contributed by atoms with Gasteiger partial charge in [0.1, 0.15) is 15.3 Å². The summed E-state index contributed by atoms with van der Waals surface area (Å²) in [6.07, 6.45) is 1.81. The predicted molar refractivity (Wildman–Crippen MR) is 131 cm³/mol. The van der Waals surface area contributed by atoms with Gasteiger partial charge in [-0.1, -0.05) is 101 Å². The highest BCUT2D eigenvalue weighted by Gasteiger charge is 2.24. The Kier molecular flexibility index (Phi) is 6.32. The molecule has 154 valence electrons. The summed E-state index contributed by atoms with van der Waals surface area (Å²) in [5, 5.41) is 13.5. The second-order valence-corrected chi connectivity index (χ2v) is 11.1. The average Bonchev–Trinajstić information content (AvgIpc) is 2.67. The summed E-state index contributed by atoms with van der Waals surface area (Å²) in [5.74, 6) is 0.322. The molecule has 3 aromatic carbocycles. The number of aromatic hydroxyl groups is 1. The number of nitrogens with zero attached hydrogens (tertiary/aromatic N) is 1. The Labute approximate surface area is 183 Å². The molecule has 0 fully saturated rings. The van der Waals surface area contributed by atoms with Crippen molar-refractivity contribution in [3.63, 3.8) is 0 Å². The molecule has 1 N–H and O–H groups in total. The molecule has 3 rings (SSSR count). The topological polar surface area (TPSA) is 32.6 Å². The normalized spacial score (nSPS) is 12.5. The van der Waals surface area contributed by atoms with Crippen LogP contribution in [0.2, 0.25) is 0 Å². The maximum atomic E-state index is 11.0. The Bertz CT molecular complexity index is 1040. The van der Waals surface area contributed by atoms with E-state index in [2.05, 4.69) is 90.1 Å². The van der Waals surface area contributed by atoms with Crippen LogP contribution < -0.4 is 10.4 Å². The van der Waals surface area contributed by atoms with Crippen molar-refractivity contribution in [1.82, 2.24) is 0 Å². The molecule has 0 bridgehead atoms. The van der Waals surface area contributed by atoms with Gasteiger partial charge in [0.2, 0.25) is 0 Å². The van der Waals surface area contributed by atoms with Crippen LogP contribution in [0.25, 0.3) is 0 Å². The van der Waals surface area contributed by atoms with Gasteiger partial charge in [-0.15, -0.1) is 0 Å². The molecule has 0 atom stereocenters. The van der Waals surface area contributed by atoms with Crippen LogP contribution in [0.15, 0.2) is 71.7 Å².